The van der Waals surface area contributed by atoms with E-state index in [1.165, 1.54) is 6.92 Å². The molecule has 0 saturated heterocycles. The zero-order valence-corrected chi connectivity index (χ0v) is 15.6. The quantitative estimate of drug-likeness (QED) is 0.537. The molecule has 1 aromatic heterocycles. The van der Waals surface area contributed by atoms with Crippen LogP contribution in [0.3, 0.4) is 0 Å². The van der Waals surface area contributed by atoms with E-state index >= 15 is 0 Å². The van der Waals surface area contributed by atoms with Crippen molar-refractivity contribution in [3.05, 3.63) is 47.3 Å². The SMILES string of the molecule is CC(=O)Nc1ccc2c(c1)C(=C(C)c1cc(CC(=O)NCCN)c[nH]1)CN2. The summed E-state index contributed by atoms with van der Waals surface area (Å²) in [4.78, 5) is 26.4. The van der Waals surface area contributed by atoms with Crippen molar-refractivity contribution in [2.24, 2.45) is 5.73 Å². The Bertz CT molecular complexity index is 898. The number of aromatic amines is 1. The fourth-order valence-corrected chi connectivity index (χ4v) is 3.22. The van der Waals surface area contributed by atoms with Gasteiger partial charge in [0, 0.05) is 55.4 Å². The molecule has 0 atom stereocenters. The number of anilines is 2. The molecule has 1 aromatic carbocycles. The van der Waals surface area contributed by atoms with Crippen LogP contribution < -0.4 is 21.7 Å². The van der Waals surface area contributed by atoms with E-state index in [-0.39, 0.29) is 11.8 Å². The second kappa shape index (κ2) is 8.09. The van der Waals surface area contributed by atoms with Crippen LogP contribution in [0.25, 0.3) is 11.1 Å². The highest BCUT2D eigenvalue weighted by molar-refractivity contribution is 5.99. The number of carbonyl (C=O) groups is 2. The molecule has 2 aromatic rings. The number of nitrogens with two attached hydrogens (primary N) is 1. The molecule has 0 bridgehead atoms. The normalized spacial score (nSPS) is 14.3. The second-order valence-corrected chi connectivity index (χ2v) is 6.64. The maximum Gasteiger partial charge on any atom is 0.224 e. The Morgan fingerprint density at radius 2 is 2.04 bits per heavy atom. The average molecular weight is 367 g/mol. The second-order valence-electron chi connectivity index (χ2n) is 6.64. The standard InChI is InChI=1S/C20H25N5O2/c1-12(19-7-14(10-23-19)8-20(27)22-6-5-21)17-11-24-18-4-3-15(9-16(17)18)25-13(2)26/h3-4,7,9-10,23-24H,5-6,8,11,21H2,1-2H3,(H,22,27)(H,25,26). The zero-order valence-electron chi connectivity index (χ0n) is 15.6. The smallest absolute Gasteiger partial charge is 0.224 e. The molecule has 0 saturated carbocycles. The highest BCUT2D eigenvalue weighted by Gasteiger charge is 2.20. The Balaban J connectivity index is 1.82. The molecule has 27 heavy (non-hydrogen) atoms. The molecule has 1 aliphatic heterocycles. The van der Waals surface area contributed by atoms with Crippen LogP contribution in [0.1, 0.15) is 30.7 Å². The number of fused-ring (bicyclic) bond motifs is 1. The van der Waals surface area contributed by atoms with Crippen LogP contribution in [0.15, 0.2) is 30.5 Å². The molecule has 2 heterocycles. The minimum atomic E-state index is -0.0925. The molecular formula is C20H25N5O2. The van der Waals surface area contributed by atoms with E-state index in [4.69, 9.17) is 5.73 Å². The van der Waals surface area contributed by atoms with Crippen LogP contribution in [-0.4, -0.2) is 36.4 Å². The van der Waals surface area contributed by atoms with Gasteiger partial charge in [-0.25, -0.2) is 0 Å². The van der Waals surface area contributed by atoms with Gasteiger partial charge in [0.15, 0.2) is 0 Å². The molecule has 3 rings (SSSR count). The summed E-state index contributed by atoms with van der Waals surface area (Å²) >= 11 is 0. The first-order valence-electron chi connectivity index (χ1n) is 8.98. The molecule has 0 aliphatic carbocycles. The van der Waals surface area contributed by atoms with E-state index in [1.807, 2.05) is 30.5 Å². The number of rotatable bonds is 6. The Morgan fingerprint density at radius 3 is 2.78 bits per heavy atom. The summed E-state index contributed by atoms with van der Waals surface area (Å²) < 4.78 is 0. The Morgan fingerprint density at radius 1 is 1.22 bits per heavy atom. The third-order valence-electron chi connectivity index (χ3n) is 4.55. The average Bonchev–Trinajstić information content (AvgIpc) is 3.25. The first-order chi connectivity index (χ1) is 13.0. The van der Waals surface area contributed by atoms with Crippen molar-refractivity contribution in [1.82, 2.24) is 10.3 Å². The third kappa shape index (κ3) is 4.38. The van der Waals surface area contributed by atoms with Crippen LogP contribution in [0, 0.1) is 0 Å². The first kappa shape index (κ1) is 18.7. The highest BCUT2D eigenvalue weighted by Crippen LogP contribution is 2.37. The summed E-state index contributed by atoms with van der Waals surface area (Å²) in [5.41, 5.74) is 12.5. The van der Waals surface area contributed by atoms with E-state index in [2.05, 4.69) is 27.9 Å². The summed E-state index contributed by atoms with van der Waals surface area (Å²) in [5, 5.41) is 8.98. The topological polar surface area (TPSA) is 112 Å². The number of H-pyrrole nitrogens is 1. The summed E-state index contributed by atoms with van der Waals surface area (Å²) in [7, 11) is 0. The van der Waals surface area contributed by atoms with Gasteiger partial charge >= 0.3 is 0 Å². The van der Waals surface area contributed by atoms with E-state index < -0.39 is 0 Å². The molecular weight excluding hydrogens is 342 g/mol. The lowest BCUT2D eigenvalue weighted by atomic mass is 9.99. The van der Waals surface area contributed by atoms with Crippen LogP contribution in [0.2, 0.25) is 0 Å². The molecule has 7 heteroatoms. The lowest BCUT2D eigenvalue weighted by Gasteiger charge is -2.08. The van der Waals surface area contributed by atoms with E-state index in [9.17, 15) is 9.59 Å². The van der Waals surface area contributed by atoms with Gasteiger partial charge in [0.1, 0.15) is 0 Å². The minimum absolute atomic E-state index is 0.0378. The highest BCUT2D eigenvalue weighted by atomic mass is 16.2. The number of amides is 2. The van der Waals surface area contributed by atoms with Crippen molar-refractivity contribution in [3.63, 3.8) is 0 Å². The lowest BCUT2D eigenvalue weighted by molar-refractivity contribution is -0.120. The molecule has 0 radical (unpaired) electrons. The van der Waals surface area contributed by atoms with Crippen molar-refractivity contribution in [2.75, 3.05) is 30.3 Å². The molecule has 0 unspecified atom stereocenters. The minimum Gasteiger partial charge on any atom is -0.380 e. The first-order valence-corrected chi connectivity index (χ1v) is 8.98. The van der Waals surface area contributed by atoms with Crippen molar-refractivity contribution < 1.29 is 9.59 Å². The number of benzene rings is 1. The predicted molar refractivity (Wildman–Crippen MR) is 108 cm³/mol. The summed E-state index contributed by atoms with van der Waals surface area (Å²) in [6.07, 6.45) is 2.18. The fraction of sp³-hybridized carbons (Fsp3) is 0.300. The molecule has 1 aliphatic rings. The maximum absolute atomic E-state index is 11.9. The maximum atomic E-state index is 11.9. The van der Waals surface area contributed by atoms with Gasteiger partial charge < -0.3 is 26.7 Å². The lowest BCUT2D eigenvalue weighted by Crippen LogP contribution is -2.30. The fourth-order valence-electron chi connectivity index (χ4n) is 3.22. The number of aromatic nitrogens is 1. The van der Waals surface area contributed by atoms with Crippen molar-refractivity contribution in [1.29, 1.82) is 0 Å². The van der Waals surface area contributed by atoms with E-state index in [0.29, 0.717) is 19.5 Å². The number of hydrogen-bond donors (Lipinski definition) is 5. The van der Waals surface area contributed by atoms with E-state index in [1.54, 1.807) is 0 Å². The van der Waals surface area contributed by atoms with Gasteiger partial charge in [-0.15, -0.1) is 0 Å². The Kier molecular flexibility index (Phi) is 5.61. The van der Waals surface area contributed by atoms with Gasteiger partial charge in [-0.1, -0.05) is 0 Å². The van der Waals surface area contributed by atoms with Crippen molar-refractivity contribution in [3.8, 4) is 0 Å². The van der Waals surface area contributed by atoms with Crippen molar-refractivity contribution in [2.45, 2.75) is 20.3 Å². The largest absolute Gasteiger partial charge is 0.380 e. The van der Waals surface area contributed by atoms with Gasteiger partial charge in [-0.3, -0.25) is 9.59 Å². The summed E-state index contributed by atoms with van der Waals surface area (Å²) in [5.74, 6) is -0.130. The monoisotopic (exact) mass is 367 g/mol. The molecule has 2 amide bonds. The number of nitrogens with one attached hydrogen (secondary N) is 4. The summed E-state index contributed by atoms with van der Waals surface area (Å²) in [6.45, 7) is 5.19. The predicted octanol–water partition coefficient (Wildman–Crippen LogP) is 1.95. The van der Waals surface area contributed by atoms with Gasteiger partial charge in [-0.05, 0) is 47.9 Å². The Labute approximate surface area is 158 Å². The zero-order chi connectivity index (χ0) is 19.4. The number of hydrogen-bond acceptors (Lipinski definition) is 4. The molecule has 6 N–H and O–H groups in total. The molecule has 7 nitrogen and oxygen atoms in total. The molecule has 0 fully saturated rings. The van der Waals surface area contributed by atoms with Crippen molar-refractivity contribution >= 4 is 34.3 Å². The van der Waals surface area contributed by atoms with Gasteiger partial charge in [-0.2, -0.15) is 0 Å². The third-order valence-corrected chi connectivity index (χ3v) is 4.55. The molecule has 0 spiro atoms. The number of carbonyl (C=O) groups excluding carboxylic acids is 2. The van der Waals surface area contributed by atoms with Crippen LogP contribution in [0.4, 0.5) is 11.4 Å². The molecule has 142 valence electrons. The summed E-state index contributed by atoms with van der Waals surface area (Å²) in [6, 6.07) is 7.85. The van der Waals surface area contributed by atoms with Gasteiger partial charge in [0.2, 0.25) is 11.8 Å². The van der Waals surface area contributed by atoms with Crippen LogP contribution >= 0.6 is 0 Å². The van der Waals surface area contributed by atoms with Crippen LogP contribution in [0.5, 0.6) is 0 Å². The number of allylic oxidation sites excluding steroid dienone is 1. The Hall–Kier alpha value is -3.06. The van der Waals surface area contributed by atoms with Gasteiger partial charge in [0.25, 0.3) is 0 Å². The van der Waals surface area contributed by atoms with Gasteiger partial charge in [0.05, 0.1) is 6.42 Å². The van der Waals surface area contributed by atoms with Crippen LogP contribution in [-0.2, 0) is 16.0 Å². The van der Waals surface area contributed by atoms with E-state index in [0.717, 1.165) is 45.9 Å².